The third-order valence-corrected chi connectivity index (χ3v) is 3.39. The Kier molecular flexibility index (Phi) is 2.11. The van der Waals surface area contributed by atoms with Gasteiger partial charge in [0, 0.05) is 6.42 Å². The summed E-state index contributed by atoms with van der Waals surface area (Å²) in [6, 6.07) is 12.0. The van der Waals surface area contributed by atoms with Gasteiger partial charge >= 0.3 is 0 Å². The predicted octanol–water partition coefficient (Wildman–Crippen LogP) is 2.66. The van der Waals surface area contributed by atoms with Gasteiger partial charge < -0.3 is 9.52 Å². The van der Waals surface area contributed by atoms with Gasteiger partial charge in [-0.1, -0.05) is 24.3 Å². The maximum absolute atomic E-state index is 10.6. The van der Waals surface area contributed by atoms with Gasteiger partial charge in [-0.05, 0) is 36.1 Å². The van der Waals surface area contributed by atoms with E-state index in [-0.39, 0.29) is 0 Å². The lowest BCUT2D eigenvalue weighted by atomic mass is 9.79. The Labute approximate surface area is 94.5 Å². The highest BCUT2D eigenvalue weighted by Crippen LogP contribution is 2.36. The van der Waals surface area contributed by atoms with E-state index in [1.54, 1.807) is 6.26 Å². The molecule has 0 radical (unpaired) electrons. The second-order valence-corrected chi connectivity index (χ2v) is 4.45. The number of aliphatic hydroxyl groups is 1. The molecule has 0 saturated carbocycles. The lowest BCUT2D eigenvalue weighted by molar-refractivity contribution is 0.00129. The Balaban J connectivity index is 1.98. The van der Waals surface area contributed by atoms with Crippen molar-refractivity contribution >= 4 is 0 Å². The van der Waals surface area contributed by atoms with Crippen LogP contribution in [-0.4, -0.2) is 5.11 Å². The van der Waals surface area contributed by atoms with Crippen LogP contribution in [-0.2, 0) is 18.4 Å². The highest BCUT2D eigenvalue weighted by molar-refractivity contribution is 5.33. The molecule has 2 heteroatoms. The average Bonchev–Trinajstić information content (AvgIpc) is 2.83. The first-order valence-electron chi connectivity index (χ1n) is 5.61. The first kappa shape index (κ1) is 9.67. The van der Waals surface area contributed by atoms with Crippen LogP contribution in [0.4, 0.5) is 0 Å². The van der Waals surface area contributed by atoms with E-state index < -0.39 is 5.60 Å². The highest BCUT2D eigenvalue weighted by atomic mass is 16.4. The van der Waals surface area contributed by atoms with Gasteiger partial charge in [0.15, 0.2) is 0 Å². The van der Waals surface area contributed by atoms with Crippen molar-refractivity contribution in [2.45, 2.75) is 24.9 Å². The van der Waals surface area contributed by atoms with Gasteiger partial charge in [0.05, 0.1) is 6.26 Å². The van der Waals surface area contributed by atoms with Crippen LogP contribution >= 0.6 is 0 Å². The molecule has 3 rings (SSSR count). The average molecular weight is 214 g/mol. The molecule has 0 fully saturated rings. The van der Waals surface area contributed by atoms with Gasteiger partial charge in [0.25, 0.3) is 0 Å². The van der Waals surface area contributed by atoms with Crippen LogP contribution in [0.15, 0.2) is 47.1 Å². The van der Waals surface area contributed by atoms with Gasteiger partial charge in [0.2, 0.25) is 0 Å². The lowest BCUT2D eigenvalue weighted by Crippen LogP contribution is -2.32. The summed E-state index contributed by atoms with van der Waals surface area (Å²) in [4.78, 5) is 0. The zero-order chi connectivity index (χ0) is 11.0. The Morgan fingerprint density at radius 3 is 2.62 bits per heavy atom. The summed E-state index contributed by atoms with van der Waals surface area (Å²) in [5, 5.41) is 10.6. The van der Waals surface area contributed by atoms with Crippen LogP contribution in [0, 0.1) is 0 Å². The van der Waals surface area contributed by atoms with E-state index in [1.807, 2.05) is 18.2 Å². The maximum atomic E-state index is 10.6. The quantitative estimate of drug-likeness (QED) is 0.791. The molecule has 2 aromatic rings. The van der Waals surface area contributed by atoms with Crippen molar-refractivity contribution in [1.82, 2.24) is 0 Å². The van der Waals surface area contributed by atoms with E-state index in [0.29, 0.717) is 12.2 Å². The molecule has 0 spiro atoms. The Morgan fingerprint density at radius 2 is 1.88 bits per heavy atom. The summed E-state index contributed by atoms with van der Waals surface area (Å²) >= 11 is 0. The zero-order valence-corrected chi connectivity index (χ0v) is 9.02. The summed E-state index contributed by atoms with van der Waals surface area (Å²) in [6.45, 7) is 0. The Hall–Kier alpha value is -1.54. The van der Waals surface area contributed by atoms with E-state index in [4.69, 9.17) is 4.42 Å². The molecular formula is C14H14O2. The molecule has 0 bridgehead atoms. The molecule has 1 aliphatic rings. The molecule has 1 aromatic carbocycles. The molecule has 1 atom stereocenters. The minimum atomic E-state index is -0.822. The van der Waals surface area contributed by atoms with E-state index in [2.05, 4.69) is 18.2 Å². The molecule has 1 heterocycles. The molecule has 1 aromatic heterocycles. The molecule has 0 amide bonds. The monoisotopic (exact) mass is 214 g/mol. The fourth-order valence-corrected chi connectivity index (χ4v) is 2.47. The van der Waals surface area contributed by atoms with Gasteiger partial charge in [-0.15, -0.1) is 0 Å². The molecule has 0 saturated heterocycles. The summed E-state index contributed by atoms with van der Waals surface area (Å²) in [6.07, 6.45) is 3.91. The number of hydrogen-bond acceptors (Lipinski definition) is 2. The number of rotatable bonds is 1. The largest absolute Gasteiger partial charge is 0.466 e. The van der Waals surface area contributed by atoms with E-state index in [9.17, 15) is 5.11 Å². The van der Waals surface area contributed by atoms with Crippen molar-refractivity contribution in [2.24, 2.45) is 0 Å². The minimum Gasteiger partial charge on any atom is -0.466 e. The van der Waals surface area contributed by atoms with Crippen molar-refractivity contribution in [3.05, 3.63) is 59.5 Å². The summed E-state index contributed by atoms with van der Waals surface area (Å²) in [7, 11) is 0. The molecule has 1 aliphatic carbocycles. The molecule has 16 heavy (non-hydrogen) atoms. The van der Waals surface area contributed by atoms with Crippen LogP contribution in [0.1, 0.15) is 23.3 Å². The summed E-state index contributed by atoms with van der Waals surface area (Å²) in [5.41, 5.74) is 1.75. The van der Waals surface area contributed by atoms with Crippen molar-refractivity contribution in [1.29, 1.82) is 0 Å². The van der Waals surface area contributed by atoms with Gasteiger partial charge in [0.1, 0.15) is 11.4 Å². The van der Waals surface area contributed by atoms with Crippen LogP contribution in [0.2, 0.25) is 0 Å². The first-order valence-corrected chi connectivity index (χ1v) is 5.61. The predicted molar refractivity (Wildman–Crippen MR) is 61.1 cm³/mol. The molecular weight excluding hydrogens is 200 g/mol. The highest BCUT2D eigenvalue weighted by Gasteiger charge is 2.35. The van der Waals surface area contributed by atoms with Crippen LogP contribution in [0.5, 0.6) is 0 Å². The molecule has 2 nitrogen and oxygen atoms in total. The van der Waals surface area contributed by atoms with Gasteiger partial charge in [-0.3, -0.25) is 0 Å². The van der Waals surface area contributed by atoms with Gasteiger partial charge in [-0.2, -0.15) is 0 Å². The topological polar surface area (TPSA) is 33.4 Å². The minimum absolute atomic E-state index is 0.649. The normalized spacial score (nSPS) is 24.1. The SMILES string of the molecule is OC1(c2ccco2)CCc2ccccc2C1. The first-order chi connectivity index (χ1) is 7.78. The zero-order valence-electron chi connectivity index (χ0n) is 9.02. The van der Waals surface area contributed by atoms with E-state index in [0.717, 1.165) is 12.8 Å². The smallest absolute Gasteiger partial charge is 0.135 e. The Bertz CT molecular complexity index is 487. The van der Waals surface area contributed by atoms with E-state index in [1.165, 1.54) is 11.1 Å². The van der Waals surface area contributed by atoms with E-state index >= 15 is 0 Å². The van der Waals surface area contributed by atoms with Crippen LogP contribution in [0.25, 0.3) is 0 Å². The fourth-order valence-electron chi connectivity index (χ4n) is 2.47. The maximum Gasteiger partial charge on any atom is 0.135 e. The second kappa shape index (κ2) is 3.49. The number of aryl methyl sites for hydroxylation is 1. The molecule has 1 unspecified atom stereocenters. The Morgan fingerprint density at radius 1 is 1.06 bits per heavy atom. The summed E-state index contributed by atoms with van der Waals surface area (Å²) < 4.78 is 5.34. The van der Waals surface area contributed by atoms with Crippen molar-refractivity contribution in [3.8, 4) is 0 Å². The molecule has 0 aliphatic heterocycles. The second-order valence-electron chi connectivity index (χ2n) is 4.45. The fraction of sp³-hybridized carbons (Fsp3) is 0.286. The number of benzene rings is 1. The van der Waals surface area contributed by atoms with Crippen molar-refractivity contribution < 1.29 is 9.52 Å². The van der Waals surface area contributed by atoms with Crippen molar-refractivity contribution in [3.63, 3.8) is 0 Å². The number of furan rings is 1. The number of fused-ring (bicyclic) bond motifs is 1. The summed E-state index contributed by atoms with van der Waals surface area (Å²) in [5.74, 6) is 0.682. The third-order valence-electron chi connectivity index (χ3n) is 3.39. The standard InChI is InChI=1S/C14H14O2/c15-14(13-6-3-9-16-13)8-7-11-4-1-2-5-12(11)10-14/h1-6,9,15H,7-8,10H2. The van der Waals surface area contributed by atoms with Crippen LogP contribution in [0.3, 0.4) is 0 Å². The third kappa shape index (κ3) is 1.46. The van der Waals surface area contributed by atoms with Gasteiger partial charge in [-0.25, -0.2) is 0 Å². The number of hydrogen-bond donors (Lipinski definition) is 1. The molecule has 82 valence electrons. The molecule has 1 N–H and O–H groups in total. The lowest BCUT2D eigenvalue weighted by Gasteiger charge is -2.31. The van der Waals surface area contributed by atoms with Crippen molar-refractivity contribution in [2.75, 3.05) is 0 Å². The van der Waals surface area contributed by atoms with Crippen LogP contribution < -0.4 is 0 Å².